The summed E-state index contributed by atoms with van der Waals surface area (Å²) in [6, 6.07) is 1.89. The molecule has 0 spiro atoms. The molecule has 0 aromatic carbocycles. The molecule has 1 unspecified atom stereocenters. The molecule has 1 atom stereocenters. The Morgan fingerprint density at radius 2 is 2.13 bits per heavy atom. The second-order valence-electron chi connectivity index (χ2n) is 6.28. The van der Waals surface area contributed by atoms with Crippen molar-refractivity contribution >= 4 is 23.2 Å². The lowest BCUT2D eigenvalue weighted by molar-refractivity contribution is 0.0700. The van der Waals surface area contributed by atoms with Crippen LogP contribution in [0.1, 0.15) is 58.7 Å². The number of carbonyl (C=O) groups is 1. The van der Waals surface area contributed by atoms with E-state index in [0.717, 1.165) is 30.1 Å². The molecule has 1 amide bonds. The van der Waals surface area contributed by atoms with Crippen LogP contribution >= 0.6 is 11.3 Å². The number of nitrogen functional groups attached to an aromatic ring is 1. The molecule has 2 fully saturated rings. The maximum absolute atomic E-state index is 12.7. The number of thiazole rings is 1. The number of piperidine rings is 1. The molecule has 3 heterocycles. The van der Waals surface area contributed by atoms with E-state index in [1.54, 1.807) is 17.5 Å². The summed E-state index contributed by atoms with van der Waals surface area (Å²) in [5.41, 5.74) is 7.20. The number of rotatable bonds is 3. The maximum atomic E-state index is 12.7. The zero-order valence-corrected chi connectivity index (χ0v) is 13.6. The van der Waals surface area contributed by atoms with Crippen molar-refractivity contribution in [2.75, 3.05) is 18.8 Å². The molecule has 2 aromatic heterocycles. The smallest absolute Gasteiger partial charge is 0.273 e. The second kappa shape index (κ2) is 5.88. The van der Waals surface area contributed by atoms with Gasteiger partial charge in [0.2, 0.25) is 5.95 Å². The van der Waals surface area contributed by atoms with E-state index in [1.165, 1.54) is 12.8 Å². The summed E-state index contributed by atoms with van der Waals surface area (Å²) in [5.74, 6) is 1.15. The van der Waals surface area contributed by atoms with Crippen LogP contribution in [0.5, 0.6) is 0 Å². The SMILES string of the molecule is Nc1nccc(C2CCCN(C(=O)c3csc(C4CC4)n3)C2)n1. The zero-order valence-electron chi connectivity index (χ0n) is 12.8. The first-order chi connectivity index (χ1) is 11.2. The van der Waals surface area contributed by atoms with Crippen LogP contribution in [-0.4, -0.2) is 38.8 Å². The molecule has 6 nitrogen and oxygen atoms in total. The number of aromatic nitrogens is 3. The highest BCUT2D eigenvalue weighted by Gasteiger charge is 2.30. The molecule has 2 aliphatic rings. The van der Waals surface area contributed by atoms with E-state index in [9.17, 15) is 4.79 Å². The van der Waals surface area contributed by atoms with Crippen molar-refractivity contribution in [2.24, 2.45) is 0 Å². The predicted molar refractivity (Wildman–Crippen MR) is 88.4 cm³/mol. The van der Waals surface area contributed by atoms with Gasteiger partial charge in [-0.1, -0.05) is 0 Å². The quantitative estimate of drug-likeness (QED) is 0.934. The Morgan fingerprint density at radius 1 is 1.26 bits per heavy atom. The van der Waals surface area contributed by atoms with Gasteiger partial charge in [0.05, 0.1) is 10.7 Å². The Balaban J connectivity index is 1.48. The third-order valence-electron chi connectivity index (χ3n) is 4.49. The number of carbonyl (C=O) groups excluding carboxylic acids is 1. The Kier molecular flexibility index (Phi) is 3.72. The third-order valence-corrected chi connectivity index (χ3v) is 5.50. The molecule has 1 saturated heterocycles. The lowest BCUT2D eigenvalue weighted by Crippen LogP contribution is -2.39. The summed E-state index contributed by atoms with van der Waals surface area (Å²) in [4.78, 5) is 27.4. The topological polar surface area (TPSA) is 85.0 Å². The highest BCUT2D eigenvalue weighted by atomic mass is 32.1. The molecule has 1 saturated carbocycles. The van der Waals surface area contributed by atoms with E-state index in [0.29, 0.717) is 24.1 Å². The lowest BCUT2D eigenvalue weighted by Gasteiger charge is -2.32. The summed E-state index contributed by atoms with van der Waals surface area (Å²) in [7, 11) is 0. The van der Waals surface area contributed by atoms with Crippen molar-refractivity contribution in [3.05, 3.63) is 34.0 Å². The van der Waals surface area contributed by atoms with Crippen LogP contribution in [0.3, 0.4) is 0 Å². The van der Waals surface area contributed by atoms with Crippen LogP contribution in [0, 0.1) is 0 Å². The van der Waals surface area contributed by atoms with Gasteiger partial charge in [0.25, 0.3) is 5.91 Å². The zero-order chi connectivity index (χ0) is 15.8. The molecule has 1 aliphatic heterocycles. The molecule has 0 radical (unpaired) electrons. The van der Waals surface area contributed by atoms with Crippen LogP contribution in [0.15, 0.2) is 17.6 Å². The maximum Gasteiger partial charge on any atom is 0.273 e. The molecular formula is C16H19N5OS. The van der Waals surface area contributed by atoms with Gasteiger partial charge in [0.15, 0.2) is 0 Å². The van der Waals surface area contributed by atoms with Gasteiger partial charge in [0, 0.05) is 36.5 Å². The minimum Gasteiger partial charge on any atom is -0.368 e. The molecule has 2 aromatic rings. The minimum atomic E-state index is 0.0416. The summed E-state index contributed by atoms with van der Waals surface area (Å²) in [5, 5.41) is 3.02. The van der Waals surface area contributed by atoms with E-state index in [-0.39, 0.29) is 11.8 Å². The molecule has 7 heteroatoms. The van der Waals surface area contributed by atoms with Gasteiger partial charge in [-0.25, -0.2) is 15.0 Å². The Hall–Kier alpha value is -2.02. The van der Waals surface area contributed by atoms with Crippen LogP contribution in [-0.2, 0) is 0 Å². The van der Waals surface area contributed by atoms with Crippen LogP contribution in [0.4, 0.5) is 5.95 Å². The van der Waals surface area contributed by atoms with Gasteiger partial charge in [-0.15, -0.1) is 11.3 Å². The fourth-order valence-corrected chi connectivity index (χ4v) is 4.05. The molecule has 23 heavy (non-hydrogen) atoms. The van der Waals surface area contributed by atoms with Crippen molar-refractivity contribution in [3.63, 3.8) is 0 Å². The first kappa shape index (κ1) is 14.6. The van der Waals surface area contributed by atoms with E-state index in [1.807, 2.05) is 16.3 Å². The average molecular weight is 329 g/mol. The van der Waals surface area contributed by atoms with Gasteiger partial charge in [0.1, 0.15) is 5.69 Å². The van der Waals surface area contributed by atoms with Gasteiger partial charge >= 0.3 is 0 Å². The van der Waals surface area contributed by atoms with Crippen molar-refractivity contribution in [1.29, 1.82) is 0 Å². The van der Waals surface area contributed by atoms with Crippen molar-refractivity contribution in [3.8, 4) is 0 Å². The predicted octanol–water partition coefficient (Wildman–Crippen LogP) is 2.41. The largest absolute Gasteiger partial charge is 0.368 e. The van der Waals surface area contributed by atoms with Gasteiger partial charge in [-0.2, -0.15) is 0 Å². The number of amides is 1. The molecular weight excluding hydrogens is 310 g/mol. The summed E-state index contributed by atoms with van der Waals surface area (Å²) >= 11 is 1.62. The number of likely N-dealkylation sites (tertiary alicyclic amines) is 1. The molecule has 1 aliphatic carbocycles. The number of nitrogens with zero attached hydrogens (tertiary/aromatic N) is 4. The average Bonchev–Trinajstić information content (AvgIpc) is 3.31. The lowest BCUT2D eigenvalue weighted by atomic mass is 9.94. The highest BCUT2D eigenvalue weighted by Crippen LogP contribution is 2.41. The summed E-state index contributed by atoms with van der Waals surface area (Å²) < 4.78 is 0. The van der Waals surface area contributed by atoms with Crippen LogP contribution < -0.4 is 5.73 Å². The summed E-state index contributed by atoms with van der Waals surface area (Å²) in [6.45, 7) is 1.46. The molecule has 0 bridgehead atoms. The first-order valence-corrected chi connectivity index (χ1v) is 8.92. The van der Waals surface area contributed by atoms with Gasteiger partial charge < -0.3 is 10.6 Å². The molecule has 2 N–H and O–H groups in total. The third kappa shape index (κ3) is 3.06. The van der Waals surface area contributed by atoms with Crippen LogP contribution in [0.2, 0.25) is 0 Å². The number of anilines is 1. The van der Waals surface area contributed by atoms with Crippen molar-refractivity contribution in [1.82, 2.24) is 19.9 Å². The summed E-state index contributed by atoms with van der Waals surface area (Å²) in [6.07, 6.45) is 6.09. The Bertz CT molecular complexity index is 727. The fourth-order valence-electron chi connectivity index (χ4n) is 3.08. The Morgan fingerprint density at radius 3 is 2.91 bits per heavy atom. The normalized spacial score (nSPS) is 21.4. The minimum absolute atomic E-state index is 0.0416. The number of hydrogen-bond donors (Lipinski definition) is 1. The second-order valence-corrected chi connectivity index (χ2v) is 7.16. The van der Waals surface area contributed by atoms with Gasteiger partial charge in [-0.05, 0) is 31.7 Å². The Labute approximate surface area is 138 Å². The van der Waals surface area contributed by atoms with Crippen molar-refractivity contribution in [2.45, 2.75) is 37.5 Å². The van der Waals surface area contributed by atoms with E-state index in [4.69, 9.17) is 5.73 Å². The van der Waals surface area contributed by atoms with Gasteiger partial charge in [-0.3, -0.25) is 4.79 Å². The van der Waals surface area contributed by atoms with E-state index in [2.05, 4.69) is 15.0 Å². The molecule has 120 valence electrons. The molecule has 4 rings (SSSR count). The fraction of sp³-hybridized carbons (Fsp3) is 0.500. The number of nitrogens with two attached hydrogens (primary N) is 1. The highest BCUT2D eigenvalue weighted by molar-refractivity contribution is 7.10. The van der Waals surface area contributed by atoms with E-state index < -0.39 is 0 Å². The van der Waals surface area contributed by atoms with E-state index >= 15 is 0 Å². The van der Waals surface area contributed by atoms with Crippen molar-refractivity contribution < 1.29 is 4.79 Å². The monoisotopic (exact) mass is 329 g/mol. The standard InChI is InChI=1S/C16H19N5OS/c17-16-18-6-5-12(20-16)11-2-1-7-21(8-11)15(22)13-9-23-14(19-13)10-3-4-10/h5-6,9-11H,1-4,7-8H2,(H2,17,18,20). The number of hydrogen-bond acceptors (Lipinski definition) is 6. The first-order valence-electron chi connectivity index (χ1n) is 8.04. The van der Waals surface area contributed by atoms with Crippen LogP contribution in [0.25, 0.3) is 0 Å².